The number of carbonyl (C=O) groups excluding carboxylic acids is 1. The number of carbonyl (C=O) groups is 1. The Morgan fingerprint density at radius 3 is 2.67 bits per heavy atom. The molecule has 1 aromatic heterocycles. The van der Waals surface area contributed by atoms with Gasteiger partial charge >= 0.3 is 0 Å². The minimum absolute atomic E-state index is 0.269. The van der Waals surface area contributed by atoms with E-state index >= 15 is 0 Å². The summed E-state index contributed by atoms with van der Waals surface area (Å²) in [5, 5.41) is 10.3. The van der Waals surface area contributed by atoms with Crippen LogP contribution in [0.4, 0.5) is 5.82 Å². The minimum Gasteiger partial charge on any atom is -0.496 e. The smallest absolute Gasteiger partial charge is 0.260 e. The molecule has 1 N–H and O–H groups in total. The molecule has 2 rings (SSSR count). The van der Waals surface area contributed by atoms with Crippen molar-refractivity contribution in [1.29, 1.82) is 0 Å². The van der Waals surface area contributed by atoms with Gasteiger partial charge in [0.25, 0.3) is 5.91 Å². The molecule has 0 saturated carbocycles. The van der Waals surface area contributed by atoms with Crippen molar-refractivity contribution in [1.82, 2.24) is 10.2 Å². The van der Waals surface area contributed by atoms with Gasteiger partial charge in [0.05, 0.1) is 12.7 Å². The molecule has 0 fully saturated rings. The molecular weight excluding hydrogens is 254 g/mol. The molecule has 0 saturated heterocycles. The molecule has 1 heterocycles. The Balaban J connectivity index is 2.19. The first-order valence-electron chi connectivity index (χ1n) is 5.14. The number of hydrogen-bond donors (Lipinski definition) is 1. The van der Waals surface area contributed by atoms with Gasteiger partial charge in [-0.1, -0.05) is 23.7 Å². The van der Waals surface area contributed by atoms with Gasteiger partial charge in [-0.3, -0.25) is 4.79 Å². The number of methoxy groups -OCH3 is 1. The maximum Gasteiger partial charge on any atom is 0.260 e. The molecule has 18 heavy (non-hydrogen) atoms. The predicted molar refractivity (Wildman–Crippen MR) is 68.0 cm³/mol. The third kappa shape index (κ3) is 2.75. The summed E-state index contributed by atoms with van der Waals surface area (Å²) in [6, 6.07) is 10.0. The van der Waals surface area contributed by atoms with Crippen molar-refractivity contribution in [3.63, 3.8) is 0 Å². The lowest BCUT2D eigenvalue weighted by Crippen LogP contribution is -2.14. The van der Waals surface area contributed by atoms with Gasteiger partial charge in [-0.15, -0.1) is 10.2 Å². The van der Waals surface area contributed by atoms with Crippen LogP contribution in [0.25, 0.3) is 0 Å². The number of anilines is 1. The third-order valence-corrected chi connectivity index (χ3v) is 2.43. The highest BCUT2D eigenvalue weighted by Gasteiger charge is 2.12. The molecule has 92 valence electrons. The molecule has 1 amide bonds. The number of amides is 1. The second-order valence-corrected chi connectivity index (χ2v) is 3.78. The lowest BCUT2D eigenvalue weighted by atomic mass is 10.2. The van der Waals surface area contributed by atoms with Crippen molar-refractivity contribution in [2.75, 3.05) is 12.4 Å². The first kappa shape index (κ1) is 12.3. The van der Waals surface area contributed by atoms with Gasteiger partial charge in [-0.2, -0.15) is 0 Å². The number of hydrogen-bond acceptors (Lipinski definition) is 4. The van der Waals surface area contributed by atoms with Gasteiger partial charge in [-0.25, -0.2) is 0 Å². The van der Waals surface area contributed by atoms with Gasteiger partial charge < -0.3 is 10.1 Å². The average Bonchev–Trinajstić information content (AvgIpc) is 2.41. The largest absolute Gasteiger partial charge is 0.496 e. The summed E-state index contributed by atoms with van der Waals surface area (Å²) in [6.45, 7) is 0. The fourth-order valence-electron chi connectivity index (χ4n) is 1.40. The van der Waals surface area contributed by atoms with Crippen LogP contribution in [0.15, 0.2) is 36.4 Å². The topological polar surface area (TPSA) is 64.1 Å². The minimum atomic E-state index is -0.316. The third-order valence-electron chi connectivity index (χ3n) is 2.23. The van der Waals surface area contributed by atoms with Crippen LogP contribution in [-0.2, 0) is 0 Å². The fourth-order valence-corrected chi connectivity index (χ4v) is 1.50. The van der Waals surface area contributed by atoms with E-state index in [-0.39, 0.29) is 11.1 Å². The number of ether oxygens (including phenoxy) is 1. The van der Waals surface area contributed by atoms with Crippen LogP contribution in [0.3, 0.4) is 0 Å². The lowest BCUT2D eigenvalue weighted by molar-refractivity contribution is 0.102. The molecule has 0 bridgehead atoms. The summed E-state index contributed by atoms with van der Waals surface area (Å²) in [5.74, 6) is 0.510. The van der Waals surface area contributed by atoms with Crippen molar-refractivity contribution in [3.05, 3.63) is 47.1 Å². The summed E-state index contributed by atoms with van der Waals surface area (Å²) in [4.78, 5) is 12.0. The summed E-state index contributed by atoms with van der Waals surface area (Å²) >= 11 is 5.61. The van der Waals surface area contributed by atoms with E-state index in [1.165, 1.54) is 7.11 Å². The zero-order valence-corrected chi connectivity index (χ0v) is 10.3. The number of benzene rings is 1. The Hall–Kier alpha value is -2.14. The van der Waals surface area contributed by atoms with Crippen LogP contribution in [0, 0.1) is 0 Å². The summed E-state index contributed by atoms with van der Waals surface area (Å²) < 4.78 is 5.11. The monoisotopic (exact) mass is 263 g/mol. The van der Waals surface area contributed by atoms with Gasteiger partial charge in [0.15, 0.2) is 11.0 Å². The lowest BCUT2D eigenvalue weighted by Gasteiger charge is -2.07. The molecule has 6 heteroatoms. The highest BCUT2D eigenvalue weighted by molar-refractivity contribution is 6.29. The van der Waals surface area contributed by atoms with Crippen molar-refractivity contribution in [2.24, 2.45) is 0 Å². The fraction of sp³-hybridized carbons (Fsp3) is 0.0833. The zero-order chi connectivity index (χ0) is 13.0. The highest BCUT2D eigenvalue weighted by atomic mass is 35.5. The molecule has 0 unspecified atom stereocenters. The number of nitrogens with one attached hydrogen (secondary N) is 1. The zero-order valence-electron chi connectivity index (χ0n) is 9.55. The van der Waals surface area contributed by atoms with Crippen molar-refractivity contribution < 1.29 is 9.53 Å². The van der Waals surface area contributed by atoms with Gasteiger partial charge in [0.1, 0.15) is 5.75 Å². The second-order valence-electron chi connectivity index (χ2n) is 3.40. The van der Waals surface area contributed by atoms with E-state index in [0.29, 0.717) is 17.1 Å². The standard InChI is InChI=1S/C12H10ClN3O2/c1-18-9-5-3-2-4-8(9)12(17)14-11-7-6-10(13)15-16-11/h2-7H,1H3,(H,14,16,17). The van der Waals surface area contributed by atoms with Crippen LogP contribution >= 0.6 is 11.6 Å². The molecule has 0 aliphatic carbocycles. The molecule has 0 radical (unpaired) electrons. The van der Waals surface area contributed by atoms with Crippen LogP contribution in [-0.4, -0.2) is 23.2 Å². The Morgan fingerprint density at radius 2 is 2.00 bits per heavy atom. The van der Waals surface area contributed by atoms with Gasteiger partial charge in [-0.05, 0) is 24.3 Å². The van der Waals surface area contributed by atoms with Crippen molar-refractivity contribution in [2.45, 2.75) is 0 Å². The highest BCUT2D eigenvalue weighted by Crippen LogP contribution is 2.18. The number of para-hydroxylation sites is 1. The average molecular weight is 264 g/mol. The number of nitrogens with zero attached hydrogens (tertiary/aromatic N) is 2. The Morgan fingerprint density at radius 1 is 1.22 bits per heavy atom. The predicted octanol–water partition coefficient (Wildman–Crippen LogP) is 2.39. The summed E-state index contributed by atoms with van der Waals surface area (Å²) in [6.07, 6.45) is 0. The number of halogens is 1. The van der Waals surface area contributed by atoms with Crippen LogP contribution in [0.1, 0.15) is 10.4 Å². The SMILES string of the molecule is COc1ccccc1C(=O)Nc1ccc(Cl)nn1. The van der Waals surface area contributed by atoms with Crippen molar-refractivity contribution >= 4 is 23.3 Å². The van der Waals surface area contributed by atoms with E-state index in [1.807, 2.05) is 0 Å². The molecule has 1 aromatic carbocycles. The molecule has 5 nitrogen and oxygen atoms in total. The normalized spacial score (nSPS) is 9.89. The van der Waals surface area contributed by atoms with Crippen LogP contribution in [0.5, 0.6) is 5.75 Å². The Bertz CT molecular complexity index is 558. The first-order valence-corrected chi connectivity index (χ1v) is 5.52. The first-order chi connectivity index (χ1) is 8.70. The second kappa shape index (κ2) is 5.46. The molecule has 0 aliphatic heterocycles. The maximum absolute atomic E-state index is 12.0. The van der Waals surface area contributed by atoms with E-state index in [0.717, 1.165) is 0 Å². The van der Waals surface area contributed by atoms with E-state index in [9.17, 15) is 4.79 Å². The molecular formula is C12H10ClN3O2. The van der Waals surface area contributed by atoms with Crippen molar-refractivity contribution in [3.8, 4) is 5.75 Å². The van der Waals surface area contributed by atoms with Crippen LogP contribution < -0.4 is 10.1 Å². The Labute approximate surface area is 109 Å². The summed E-state index contributed by atoms with van der Waals surface area (Å²) in [5.41, 5.74) is 0.428. The van der Waals surface area contributed by atoms with Crippen LogP contribution in [0.2, 0.25) is 5.15 Å². The Kier molecular flexibility index (Phi) is 3.74. The van der Waals surface area contributed by atoms with E-state index < -0.39 is 0 Å². The van der Waals surface area contributed by atoms with E-state index in [1.54, 1.807) is 36.4 Å². The molecule has 2 aromatic rings. The molecule has 0 spiro atoms. The molecule has 0 aliphatic rings. The van der Waals surface area contributed by atoms with Gasteiger partial charge in [0.2, 0.25) is 0 Å². The molecule has 0 atom stereocenters. The number of aromatic nitrogens is 2. The van der Waals surface area contributed by atoms with Gasteiger partial charge in [0, 0.05) is 0 Å². The quantitative estimate of drug-likeness (QED) is 0.923. The number of rotatable bonds is 3. The van der Waals surface area contributed by atoms with E-state index in [2.05, 4.69) is 15.5 Å². The summed E-state index contributed by atoms with van der Waals surface area (Å²) in [7, 11) is 1.51. The van der Waals surface area contributed by atoms with E-state index in [4.69, 9.17) is 16.3 Å². The maximum atomic E-state index is 12.0.